The highest BCUT2D eigenvalue weighted by molar-refractivity contribution is 6.23. The highest BCUT2D eigenvalue weighted by Crippen LogP contribution is 2.38. The van der Waals surface area contributed by atoms with Crippen molar-refractivity contribution >= 4 is 34.5 Å². The van der Waals surface area contributed by atoms with Gasteiger partial charge in [-0.15, -0.1) is 0 Å². The maximum absolute atomic E-state index is 12.1. The first-order valence-electron chi connectivity index (χ1n) is 12.3. The lowest BCUT2D eigenvalue weighted by Crippen LogP contribution is -2.22. The topological polar surface area (TPSA) is 66.6 Å². The van der Waals surface area contributed by atoms with Gasteiger partial charge in [0.25, 0.3) is 0 Å². The molecule has 5 heteroatoms. The molecular formula is C28H33N3O2. The lowest BCUT2D eigenvalue weighted by molar-refractivity contribution is -0.132. The number of carboxylic acid groups (broad SMARTS) is 1. The average Bonchev–Trinajstić information content (AvgIpc) is 3.57. The number of aromatic nitrogens is 1. The summed E-state index contributed by atoms with van der Waals surface area (Å²) >= 11 is 0. The maximum Gasteiger partial charge on any atom is 0.339 e. The second-order valence-corrected chi connectivity index (χ2v) is 9.67. The first kappa shape index (κ1) is 21.7. The molecule has 2 aliphatic carbocycles. The Morgan fingerprint density at radius 2 is 2.00 bits per heavy atom. The molecule has 2 heterocycles. The molecule has 0 unspecified atom stereocenters. The zero-order valence-corrected chi connectivity index (χ0v) is 19.4. The smallest absolute Gasteiger partial charge is 0.339 e. The fourth-order valence-corrected chi connectivity index (χ4v) is 5.14. The minimum absolute atomic E-state index is 0.250. The number of aryl methyl sites for hydroxylation is 1. The lowest BCUT2D eigenvalue weighted by atomic mass is 9.88. The van der Waals surface area contributed by atoms with Crippen LogP contribution in [0.5, 0.6) is 0 Å². The molecule has 0 amide bonds. The molecule has 2 aromatic rings. The molecule has 33 heavy (non-hydrogen) atoms. The number of anilines is 1. The molecule has 0 spiro atoms. The number of amidine groups is 1. The van der Waals surface area contributed by atoms with E-state index < -0.39 is 5.97 Å². The maximum atomic E-state index is 12.1. The number of nitrogens with zero attached hydrogens (tertiary/aromatic N) is 2. The van der Waals surface area contributed by atoms with Gasteiger partial charge in [-0.1, -0.05) is 37.5 Å². The van der Waals surface area contributed by atoms with E-state index in [1.165, 1.54) is 37.6 Å². The minimum atomic E-state index is -0.937. The van der Waals surface area contributed by atoms with Gasteiger partial charge in [-0.3, -0.25) is 4.99 Å². The fourth-order valence-electron chi connectivity index (χ4n) is 5.14. The Hall–Kier alpha value is -3.08. The molecule has 1 aromatic heterocycles. The van der Waals surface area contributed by atoms with Crippen molar-refractivity contribution in [3.8, 4) is 0 Å². The average molecular weight is 444 g/mol. The van der Waals surface area contributed by atoms with E-state index in [4.69, 9.17) is 0 Å². The number of benzene rings is 1. The van der Waals surface area contributed by atoms with E-state index in [1.807, 2.05) is 6.08 Å². The number of nitrogens with one attached hydrogen (secondary N) is 1. The van der Waals surface area contributed by atoms with Crippen LogP contribution in [-0.4, -0.2) is 28.0 Å². The predicted octanol–water partition coefficient (Wildman–Crippen LogP) is 6.33. The predicted molar refractivity (Wildman–Crippen MR) is 136 cm³/mol. The standard InChI is InChI=1S/C28H33N3O2/c1-31-15-13-23-17-24(16-22(26(23)31)10-9-19-6-3-2-4-7-19)30-27-25(28(32)33)18-21(20-11-12-20)8-5-14-29-27/h8-10,13,15-20H,2-7,11-12,14H2,1H3,(H,29,30)(H,32,33)/b10-9+,21-8+,25-18+. The Kier molecular flexibility index (Phi) is 6.21. The summed E-state index contributed by atoms with van der Waals surface area (Å²) in [5.74, 6) is 0.671. The van der Waals surface area contributed by atoms with E-state index >= 15 is 0 Å². The second-order valence-electron chi connectivity index (χ2n) is 9.67. The number of fused-ring (bicyclic) bond motifs is 1. The van der Waals surface area contributed by atoms with Crippen molar-refractivity contribution in [2.45, 2.75) is 51.4 Å². The van der Waals surface area contributed by atoms with Crippen molar-refractivity contribution in [2.24, 2.45) is 23.9 Å². The normalized spacial score (nSPS) is 23.4. The summed E-state index contributed by atoms with van der Waals surface area (Å²) in [4.78, 5) is 16.8. The van der Waals surface area contributed by atoms with Crippen LogP contribution in [0.1, 0.15) is 56.9 Å². The van der Waals surface area contributed by atoms with Crippen LogP contribution in [0.3, 0.4) is 0 Å². The zero-order valence-electron chi connectivity index (χ0n) is 19.4. The summed E-state index contributed by atoms with van der Waals surface area (Å²) in [6.07, 6.45) is 20.4. The summed E-state index contributed by atoms with van der Waals surface area (Å²) < 4.78 is 2.16. The van der Waals surface area contributed by atoms with Gasteiger partial charge < -0.3 is 15.0 Å². The second kappa shape index (κ2) is 9.42. The molecular weight excluding hydrogens is 410 g/mol. The zero-order chi connectivity index (χ0) is 22.8. The van der Waals surface area contributed by atoms with Gasteiger partial charge >= 0.3 is 5.97 Å². The number of carboxylic acids is 1. The SMILES string of the molecule is Cn1ccc2cc(NC3=NCC/C=C(C4CC4)\C=C/3C(=O)O)cc(/C=C/C3CCCCC3)c21. The monoisotopic (exact) mass is 443 g/mol. The summed E-state index contributed by atoms with van der Waals surface area (Å²) in [5.41, 5.74) is 4.62. The third kappa shape index (κ3) is 4.97. The van der Waals surface area contributed by atoms with Crippen LogP contribution in [0.15, 0.2) is 58.8 Å². The van der Waals surface area contributed by atoms with Crippen LogP contribution in [0.4, 0.5) is 5.69 Å². The number of carbonyl (C=O) groups is 1. The number of hydrogen-bond acceptors (Lipinski definition) is 3. The number of aliphatic carboxylic acids is 1. The van der Waals surface area contributed by atoms with Crippen molar-refractivity contribution in [3.63, 3.8) is 0 Å². The Morgan fingerprint density at radius 3 is 2.76 bits per heavy atom. The van der Waals surface area contributed by atoms with Crippen LogP contribution in [-0.2, 0) is 11.8 Å². The van der Waals surface area contributed by atoms with Gasteiger partial charge in [-0.05, 0) is 73.8 Å². The lowest BCUT2D eigenvalue weighted by Gasteiger charge is -2.18. The first-order valence-corrected chi connectivity index (χ1v) is 12.3. The third-order valence-corrected chi connectivity index (χ3v) is 7.08. The first-order chi connectivity index (χ1) is 16.1. The van der Waals surface area contributed by atoms with Crippen molar-refractivity contribution in [2.75, 3.05) is 11.9 Å². The quantitative estimate of drug-likeness (QED) is 0.567. The molecule has 0 atom stereocenters. The van der Waals surface area contributed by atoms with E-state index in [-0.39, 0.29) is 5.57 Å². The molecule has 2 fully saturated rings. The molecule has 1 aliphatic heterocycles. The molecule has 0 bridgehead atoms. The Bertz CT molecular complexity index is 1170. The molecule has 0 saturated heterocycles. The summed E-state index contributed by atoms with van der Waals surface area (Å²) in [6.45, 7) is 0.588. The van der Waals surface area contributed by atoms with Crippen LogP contribution in [0.25, 0.3) is 17.0 Å². The number of hydrogen-bond donors (Lipinski definition) is 2. The van der Waals surface area contributed by atoms with Gasteiger partial charge in [0.15, 0.2) is 0 Å². The molecule has 5 rings (SSSR count). The third-order valence-electron chi connectivity index (χ3n) is 7.08. The van der Waals surface area contributed by atoms with Gasteiger partial charge in [0, 0.05) is 36.4 Å². The van der Waals surface area contributed by atoms with Crippen LogP contribution in [0.2, 0.25) is 0 Å². The molecule has 0 radical (unpaired) electrons. The van der Waals surface area contributed by atoms with Crippen LogP contribution in [0, 0.1) is 11.8 Å². The summed E-state index contributed by atoms with van der Waals surface area (Å²) in [6, 6.07) is 6.33. The number of allylic oxidation sites excluding steroid dienone is 3. The van der Waals surface area contributed by atoms with Crippen molar-refractivity contribution < 1.29 is 9.90 Å². The van der Waals surface area contributed by atoms with Gasteiger partial charge in [-0.25, -0.2) is 4.79 Å². The Morgan fingerprint density at radius 1 is 1.18 bits per heavy atom. The molecule has 1 aromatic carbocycles. The van der Waals surface area contributed by atoms with E-state index in [0.717, 1.165) is 41.5 Å². The van der Waals surface area contributed by atoms with Crippen molar-refractivity contribution in [3.05, 3.63) is 59.3 Å². The number of rotatable bonds is 5. The highest BCUT2D eigenvalue weighted by atomic mass is 16.4. The highest BCUT2D eigenvalue weighted by Gasteiger charge is 2.27. The van der Waals surface area contributed by atoms with Gasteiger partial charge in [0.1, 0.15) is 11.4 Å². The molecule has 5 nitrogen and oxygen atoms in total. The molecule has 3 aliphatic rings. The van der Waals surface area contributed by atoms with E-state index in [9.17, 15) is 9.90 Å². The minimum Gasteiger partial charge on any atom is -0.478 e. The Balaban J connectivity index is 1.48. The van der Waals surface area contributed by atoms with Gasteiger partial charge in [-0.2, -0.15) is 0 Å². The molecule has 2 N–H and O–H groups in total. The van der Waals surface area contributed by atoms with E-state index in [1.54, 1.807) is 0 Å². The molecule has 2 saturated carbocycles. The van der Waals surface area contributed by atoms with Gasteiger partial charge in [0.05, 0.1) is 5.52 Å². The van der Waals surface area contributed by atoms with E-state index in [2.05, 4.69) is 64.5 Å². The summed E-state index contributed by atoms with van der Waals surface area (Å²) in [7, 11) is 2.07. The fraction of sp³-hybridized carbons (Fsp3) is 0.429. The van der Waals surface area contributed by atoms with E-state index in [0.29, 0.717) is 24.2 Å². The van der Waals surface area contributed by atoms with Gasteiger partial charge in [0.2, 0.25) is 0 Å². The van der Waals surface area contributed by atoms with Crippen LogP contribution < -0.4 is 5.32 Å². The largest absolute Gasteiger partial charge is 0.478 e. The van der Waals surface area contributed by atoms with Crippen LogP contribution >= 0.6 is 0 Å². The number of aliphatic imine (C=N–C) groups is 1. The van der Waals surface area contributed by atoms with Crippen molar-refractivity contribution in [1.82, 2.24) is 4.57 Å². The van der Waals surface area contributed by atoms with Crippen molar-refractivity contribution in [1.29, 1.82) is 0 Å². The molecule has 172 valence electrons. The summed E-state index contributed by atoms with van der Waals surface area (Å²) in [5, 5.41) is 14.5. The Labute approximate surface area is 195 Å².